The van der Waals surface area contributed by atoms with Gasteiger partial charge in [-0.25, -0.2) is 8.42 Å². The van der Waals surface area contributed by atoms with Crippen molar-refractivity contribution in [3.05, 3.63) is 88.7 Å². The lowest BCUT2D eigenvalue weighted by atomic mass is 10.2. The molecule has 0 fully saturated rings. The number of benzene rings is 2. The van der Waals surface area contributed by atoms with Gasteiger partial charge in [-0.05, 0) is 60.2 Å². The smallest absolute Gasteiger partial charge is 0.248 e. The number of nitrogens with zero attached hydrogens (tertiary/aromatic N) is 1. The van der Waals surface area contributed by atoms with E-state index in [9.17, 15) is 13.2 Å². The second-order valence-corrected chi connectivity index (χ2v) is 8.48. The first-order valence-electron chi connectivity index (χ1n) is 8.05. The maximum absolute atomic E-state index is 12.7. The van der Waals surface area contributed by atoms with Gasteiger partial charge in [0.15, 0.2) is 0 Å². The summed E-state index contributed by atoms with van der Waals surface area (Å²) >= 11 is 11.7. The number of amides is 1. The maximum Gasteiger partial charge on any atom is 0.248 e. The molecule has 8 heteroatoms. The number of hydrogen-bond acceptors (Lipinski definition) is 4. The molecule has 0 radical (unpaired) electrons. The van der Waals surface area contributed by atoms with Gasteiger partial charge in [0, 0.05) is 24.2 Å². The van der Waals surface area contributed by atoms with Crippen molar-refractivity contribution in [1.29, 1.82) is 0 Å². The molecule has 0 aliphatic rings. The van der Waals surface area contributed by atoms with Crippen LogP contribution in [0.25, 0.3) is 6.08 Å². The molecule has 0 unspecified atom stereocenters. The van der Waals surface area contributed by atoms with E-state index in [1.807, 2.05) is 6.07 Å². The van der Waals surface area contributed by atoms with Crippen LogP contribution in [0.5, 0.6) is 0 Å². The van der Waals surface area contributed by atoms with Crippen LogP contribution in [0.2, 0.25) is 10.0 Å². The molecule has 2 aromatic carbocycles. The zero-order valence-electron chi connectivity index (χ0n) is 14.3. The van der Waals surface area contributed by atoms with Crippen molar-refractivity contribution in [3.8, 4) is 0 Å². The summed E-state index contributed by atoms with van der Waals surface area (Å²) in [7, 11) is -3.75. The Morgan fingerprint density at radius 2 is 1.68 bits per heavy atom. The lowest BCUT2D eigenvalue weighted by molar-refractivity contribution is -0.111. The minimum absolute atomic E-state index is 0.0399. The molecule has 1 aromatic heterocycles. The summed E-state index contributed by atoms with van der Waals surface area (Å²) in [5.74, 6) is -0.344. The second-order valence-electron chi connectivity index (χ2n) is 5.71. The molecule has 3 aromatic rings. The van der Waals surface area contributed by atoms with E-state index in [4.69, 9.17) is 23.2 Å². The van der Waals surface area contributed by atoms with Crippen LogP contribution in [0.15, 0.2) is 82.9 Å². The molecular formula is C20H14Cl2N2O3S. The van der Waals surface area contributed by atoms with E-state index in [0.29, 0.717) is 5.69 Å². The van der Waals surface area contributed by atoms with E-state index in [-0.39, 0.29) is 25.7 Å². The number of halogens is 2. The van der Waals surface area contributed by atoms with Gasteiger partial charge >= 0.3 is 0 Å². The Bertz CT molecular complexity index is 1130. The Labute approximate surface area is 172 Å². The predicted molar refractivity (Wildman–Crippen MR) is 110 cm³/mol. The zero-order valence-corrected chi connectivity index (χ0v) is 16.7. The number of rotatable bonds is 5. The predicted octanol–water partition coefficient (Wildman–Crippen LogP) is 4.87. The Morgan fingerprint density at radius 1 is 0.964 bits per heavy atom. The third-order valence-corrected chi connectivity index (χ3v) is 6.25. The van der Waals surface area contributed by atoms with Gasteiger partial charge in [0.2, 0.25) is 15.7 Å². The largest absolute Gasteiger partial charge is 0.323 e. The molecule has 1 amide bonds. The molecule has 5 nitrogen and oxygen atoms in total. The first kappa shape index (κ1) is 20.1. The standard InChI is InChI=1S/C20H14Cl2N2O3S/c21-18-9-8-17(12-19(18)22)28(26,27)16-6-4-15(5-7-16)24-20(25)10-3-14-2-1-11-23-13-14/h1-13H,(H,24,25). The van der Waals surface area contributed by atoms with Gasteiger partial charge in [0.1, 0.15) is 0 Å². The van der Waals surface area contributed by atoms with Crippen molar-refractivity contribution in [2.75, 3.05) is 5.32 Å². The number of carbonyl (C=O) groups is 1. The third-order valence-electron chi connectivity index (χ3n) is 3.75. The van der Waals surface area contributed by atoms with Crippen molar-refractivity contribution >= 4 is 50.7 Å². The van der Waals surface area contributed by atoms with Crippen LogP contribution in [-0.4, -0.2) is 19.3 Å². The van der Waals surface area contributed by atoms with Crippen LogP contribution < -0.4 is 5.32 Å². The molecule has 0 atom stereocenters. The molecule has 0 aliphatic carbocycles. The Morgan fingerprint density at radius 3 is 2.32 bits per heavy atom. The summed E-state index contributed by atoms with van der Waals surface area (Å²) in [6.45, 7) is 0. The lowest BCUT2D eigenvalue weighted by Gasteiger charge is -2.07. The number of aromatic nitrogens is 1. The van der Waals surface area contributed by atoms with Crippen LogP contribution in [0.3, 0.4) is 0 Å². The molecule has 0 saturated heterocycles. The number of sulfone groups is 1. The fourth-order valence-corrected chi connectivity index (χ4v) is 3.98. The maximum atomic E-state index is 12.7. The molecule has 0 bridgehead atoms. The van der Waals surface area contributed by atoms with Crippen molar-refractivity contribution in [3.63, 3.8) is 0 Å². The number of pyridine rings is 1. The Hall–Kier alpha value is -2.67. The van der Waals surface area contributed by atoms with E-state index < -0.39 is 9.84 Å². The monoisotopic (exact) mass is 432 g/mol. The van der Waals surface area contributed by atoms with Crippen LogP contribution in [-0.2, 0) is 14.6 Å². The second kappa shape index (κ2) is 8.56. The number of anilines is 1. The highest BCUT2D eigenvalue weighted by Gasteiger charge is 2.18. The third kappa shape index (κ3) is 4.78. The van der Waals surface area contributed by atoms with Crippen molar-refractivity contribution in [1.82, 2.24) is 4.98 Å². The average molecular weight is 433 g/mol. The van der Waals surface area contributed by atoms with Crippen LogP contribution in [0.4, 0.5) is 5.69 Å². The van der Waals surface area contributed by atoms with E-state index in [0.717, 1.165) is 5.56 Å². The first-order valence-corrected chi connectivity index (χ1v) is 10.3. The summed E-state index contributed by atoms with van der Waals surface area (Å²) in [5.41, 5.74) is 1.26. The van der Waals surface area contributed by atoms with Gasteiger partial charge in [0.05, 0.1) is 19.8 Å². The van der Waals surface area contributed by atoms with Crippen LogP contribution in [0.1, 0.15) is 5.56 Å². The van der Waals surface area contributed by atoms with Gasteiger partial charge < -0.3 is 5.32 Å². The summed E-state index contributed by atoms with van der Waals surface area (Å²) in [6, 6.07) is 13.6. The Kier molecular flexibility index (Phi) is 6.14. The average Bonchev–Trinajstić information content (AvgIpc) is 2.69. The van der Waals surface area contributed by atoms with E-state index in [2.05, 4.69) is 10.3 Å². The van der Waals surface area contributed by atoms with Gasteiger partial charge in [-0.1, -0.05) is 29.3 Å². The van der Waals surface area contributed by atoms with Gasteiger partial charge in [-0.2, -0.15) is 0 Å². The van der Waals surface area contributed by atoms with Crippen molar-refractivity contribution in [2.24, 2.45) is 0 Å². The summed E-state index contributed by atoms with van der Waals surface area (Å²) in [6.07, 6.45) is 6.28. The summed E-state index contributed by atoms with van der Waals surface area (Å²) in [5, 5.41) is 3.10. The number of carbonyl (C=O) groups excluding carboxylic acids is 1. The fourth-order valence-electron chi connectivity index (χ4n) is 2.33. The molecule has 28 heavy (non-hydrogen) atoms. The number of nitrogens with one attached hydrogen (secondary N) is 1. The minimum Gasteiger partial charge on any atom is -0.323 e. The summed E-state index contributed by atoms with van der Waals surface area (Å²) in [4.78, 5) is 16.1. The van der Waals surface area contributed by atoms with Crippen molar-refractivity contribution < 1.29 is 13.2 Å². The van der Waals surface area contributed by atoms with Crippen LogP contribution in [0, 0.1) is 0 Å². The van der Waals surface area contributed by atoms with Gasteiger partial charge in [-0.15, -0.1) is 0 Å². The van der Waals surface area contributed by atoms with E-state index >= 15 is 0 Å². The number of hydrogen-bond donors (Lipinski definition) is 1. The highest BCUT2D eigenvalue weighted by molar-refractivity contribution is 7.91. The minimum atomic E-state index is -3.75. The fraction of sp³-hybridized carbons (Fsp3) is 0. The molecule has 0 saturated carbocycles. The quantitative estimate of drug-likeness (QED) is 0.583. The molecule has 1 heterocycles. The lowest BCUT2D eigenvalue weighted by Crippen LogP contribution is -2.08. The molecule has 0 spiro atoms. The molecule has 3 rings (SSSR count). The van der Waals surface area contributed by atoms with Gasteiger partial charge in [0.25, 0.3) is 0 Å². The van der Waals surface area contributed by atoms with Gasteiger partial charge in [-0.3, -0.25) is 9.78 Å². The zero-order chi connectivity index (χ0) is 20.1. The summed E-state index contributed by atoms with van der Waals surface area (Å²) < 4.78 is 25.4. The molecule has 1 N–H and O–H groups in total. The highest BCUT2D eigenvalue weighted by Crippen LogP contribution is 2.28. The van der Waals surface area contributed by atoms with E-state index in [1.165, 1.54) is 48.5 Å². The van der Waals surface area contributed by atoms with Crippen molar-refractivity contribution in [2.45, 2.75) is 9.79 Å². The van der Waals surface area contributed by atoms with E-state index in [1.54, 1.807) is 24.5 Å². The van der Waals surface area contributed by atoms with Crippen LogP contribution >= 0.6 is 23.2 Å². The SMILES string of the molecule is O=C(C=Cc1cccnc1)Nc1ccc(S(=O)(=O)c2ccc(Cl)c(Cl)c2)cc1. The Balaban J connectivity index is 1.73. The first-order chi connectivity index (χ1) is 13.4. The topological polar surface area (TPSA) is 76.1 Å². The molecule has 142 valence electrons. The highest BCUT2D eigenvalue weighted by atomic mass is 35.5. The normalized spacial score (nSPS) is 11.5. The molecular weight excluding hydrogens is 419 g/mol. The molecule has 0 aliphatic heterocycles.